The van der Waals surface area contributed by atoms with Gasteiger partial charge in [-0.3, -0.25) is 4.79 Å². The van der Waals surface area contributed by atoms with Crippen molar-refractivity contribution in [1.29, 1.82) is 0 Å². The Kier molecular flexibility index (Phi) is 4.32. The maximum Gasteiger partial charge on any atom is 0.251 e. The van der Waals surface area contributed by atoms with Crippen molar-refractivity contribution < 1.29 is 9.53 Å². The summed E-state index contributed by atoms with van der Waals surface area (Å²) in [5.41, 5.74) is 2.27. The molecule has 4 heterocycles. The van der Waals surface area contributed by atoms with Crippen molar-refractivity contribution in [2.45, 2.75) is 12.5 Å². The lowest BCUT2D eigenvalue weighted by atomic mass is 10.0. The second-order valence-electron chi connectivity index (χ2n) is 7.07. The Hall–Kier alpha value is -3.13. The number of carbonyl (C=O) groups excluding carboxylic acids is 1. The molecule has 5 rings (SSSR count). The van der Waals surface area contributed by atoms with Crippen molar-refractivity contribution in [2.24, 2.45) is 0 Å². The fraction of sp³-hybridized carbons (Fsp3) is 0.350. The summed E-state index contributed by atoms with van der Waals surface area (Å²) in [7, 11) is 0. The Balaban J connectivity index is 1.36. The third-order valence-corrected chi connectivity index (χ3v) is 5.25. The molecular weight excluding hydrogens is 356 g/mol. The number of pyridine rings is 1. The Morgan fingerprint density at radius 3 is 2.96 bits per heavy atom. The summed E-state index contributed by atoms with van der Waals surface area (Å²) in [6.07, 6.45) is 2.55. The number of fused-ring (bicyclic) bond motifs is 2. The van der Waals surface area contributed by atoms with Gasteiger partial charge in [-0.05, 0) is 18.2 Å². The maximum atomic E-state index is 12.8. The summed E-state index contributed by atoms with van der Waals surface area (Å²) in [5, 5.41) is 11.0. The van der Waals surface area contributed by atoms with E-state index in [4.69, 9.17) is 4.74 Å². The molecule has 8 heteroatoms. The molecule has 8 nitrogen and oxygen atoms in total. The van der Waals surface area contributed by atoms with Crippen molar-refractivity contribution in [3.05, 3.63) is 53.7 Å². The van der Waals surface area contributed by atoms with Crippen LogP contribution >= 0.6 is 0 Å². The topological polar surface area (TPSA) is 83.8 Å². The van der Waals surface area contributed by atoms with Crippen LogP contribution < -0.4 is 20.3 Å². The number of hydrogen-bond acceptors (Lipinski definition) is 6. The zero-order chi connectivity index (χ0) is 18.9. The number of amides is 1. The number of hydrogen-bond donors (Lipinski definition) is 2. The van der Waals surface area contributed by atoms with Crippen LogP contribution in [0.1, 0.15) is 28.4 Å². The van der Waals surface area contributed by atoms with E-state index in [-0.39, 0.29) is 11.9 Å². The van der Waals surface area contributed by atoms with Crippen molar-refractivity contribution >= 4 is 17.5 Å². The molecule has 1 fully saturated rings. The molecule has 0 bridgehead atoms. The Morgan fingerprint density at radius 2 is 2.07 bits per heavy atom. The molecule has 2 aliphatic heterocycles. The average Bonchev–Trinajstić information content (AvgIpc) is 3.18. The number of anilines is 1. The average molecular weight is 378 g/mol. The summed E-state index contributed by atoms with van der Waals surface area (Å²) >= 11 is 0. The van der Waals surface area contributed by atoms with Gasteiger partial charge in [-0.1, -0.05) is 18.2 Å². The van der Waals surface area contributed by atoms with Gasteiger partial charge in [0.25, 0.3) is 5.91 Å². The minimum atomic E-state index is -0.115. The van der Waals surface area contributed by atoms with Gasteiger partial charge in [0.15, 0.2) is 5.65 Å². The fourth-order valence-corrected chi connectivity index (χ4v) is 3.74. The van der Waals surface area contributed by atoms with E-state index in [2.05, 4.69) is 25.6 Å². The molecule has 1 amide bonds. The highest BCUT2D eigenvalue weighted by Crippen LogP contribution is 2.31. The first-order valence-corrected chi connectivity index (χ1v) is 9.63. The van der Waals surface area contributed by atoms with Gasteiger partial charge < -0.3 is 20.3 Å². The molecule has 1 atom stereocenters. The number of aromatic nitrogens is 3. The predicted octanol–water partition coefficient (Wildman–Crippen LogP) is 1.39. The monoisotopic (exact) mass is 378 g/mol. The van der Waals surface area contributed by atoms with Crippen molar-refractivity contribution in [1.82, 2.24) is 25.2 Å². The third kappa shape index (κ3) is 3.16. The third-order valence-electron chi connectivity index (χ3n) is 5.25. The SMILES string of the molecule is O=C(N[C@H]1CCOc2ccccc21)c1ccn2nc(N3CCNCC3)nc2c1. The van der Waals surface area contributed by atoms with E-state index in [1.54, 1.807) is 22.8 Å². The molecule has 0 aliphatic carbocycles. The fourth-order valence-electron chi connectivity index (χ4n) is 3.74. The second kappa shape index (κ2) is 7.12. The predicted molar refractivity (Wildman–Crippen MR) is 105 cm³/mol. The molecule has 0 unspecified atom stereocenters. The number of nitrogens with zero attached hydrogens (tertiary/aromatic N) is 4. The quantitative estimate of drug-likeness (QED) is 0.717. The van der Waals surface area contributed by atoms with E-state index in [1.807, 2.05) is 24.3 Å². The van der Waals surface area contributed by atoms with Crippen LogP contribution in [-0.2, 0) is 0 Å². The van der Waals surface area contributed by atoms with Crippen molar-refractivity contribution in [2.75, 3.05) is 37.7 Å². The Bertz CT molecular complexity index is 1010. The zero-order valence-corrected chi connectivity index (χ0v) is 15.5. The van der Waals surface area contributed by atoms with Gasteiger partial charge in [0.05, 0.1) is 12.6 Å². The lowest BCUT2D eigenvalue weighted by molar-refractivity contribution is 0.0924. The van der Waals surface area contributed by atoms with Gasteiger partial charge in [0.1, 0.15) is 5.75 Å². The van der Waals surface area contributed by atoms with Gasteiger partial charge in [-0.25, -0.2) is 4.52 Å². The lowest BCUT2D eigenvalue weighted by Gasteiger charge is -2.26. The highest BCUT2D eigenvalue weighted by Gasteiger charge is 2.23. The molecule has 2 aliphatic rings. The molecule has 144 valence electrons. The molecule has 0 radical (unpaired) electrons. The largest absolute Gasteiger partial charge is 0.493 e. The maximum absolute atomic E-state index is 12.8. The summed E-state index contributed by atoms with van der Waals surface area (Å²) in [4.78, 5) is 19.6. The number of rotatable bonds is 3. The molecule has 28 heavy (non-hydrogen) atoms. The second-order valence-corrected chi connectivity index (χ2v) is 7.07. The molecule has 0 spiro atoms. The van der Waals surface area contributed by atoms with Gasteiger partial charge in [-0.2, -0.15) is 4.98 Å². The normalized spacial score (nSPS) is 19.1. The Labute approximate surface area is 162 Å². The minimum Gasteiger partial charge on any atom is -0.493 e. The first kappa shape index (κ1) is 17.0. The van der Waals surface area contributed by atoms with E-state index in [0.717, 1.165) is 43.9 Å². The van der Waals surface area contributed by atoms with Crippen molar-refractivity contribution in [3.8, 4) is 5.75 Å². The van der Waals surface area contributed by atoms with Gasteiger partial charge >= 0.3 is 0 Å². The van der Waals surface area contributed by atoms with Crippen LogP contribution in [0, 0.1) is 0 Å². The zero-order valence-electron chi connectivity index (χ0n) is 15.5. The number of ether oxygens (including phenoxy) is 1. The van der Waals surface area contributed by atoms with Gasteiger partial charge in [0, 0.05) is 49.9 Å². The van der Waals surface area contributed by atoms with Gasteiger partial charge in [0.2, 0.25) is 5.95 Å². The number of piperazine rings is 1. The molecule has 2 N–H and O–H groups in total. The van der Waals surface area contributed by atoms with Crippen LogP contribution in [0.4, 0.5) is 5.95 Å². The summed E-state index contributed by atoms with van der Waals surface area (Å²) in [6, 6.07) is 11.4. The van der Waals surface area contributed by atoms with Crippen LogP contribution in [0.2, 0.25) is 0 Å². The van der Waals surface area contributed by atoms with E-state index in [1.165, 1.54) is 0 Å². The van der Waals surface area contributed by atoms with E-state index < -0.39 is 0 Å². The first-order valence-electron chi connectivity index (χ1n) is 9.63. The highest BCUT2D eigenvalue weighted by molar-refractivity contribution is 5.95. The molecule has 3 aromatic rings. The lowest BCUT2D eigenvalue weighted by Crippen LogP contribution is -2.44. The van der Waals surface area contributed by atoms with Crippen LogP contribution in [0.5, 0.6) is 5.75 Å². The molecule has 2 aromatic heterocycles. The summed E-state index contributed by atoms with van der Waals surface area (Å²) < 4.78 is 7.40. The minimum absolute atomic E-state index is 0.0528. The van der Waals surface area contributed by atoms with Crippen LogP contribution in [0.25, 0.3) is 5.65 Å². The summed E-state index contributed by atoms with van der Waals surface area (Å²) in [5.74, 6) is 1.43. The van der Waals surface area contributed by atoms with Crippen LogP contribution in [0.3, 0.4) is 0 Å². The molecular formula is C20H22N6O2. The number of carbonyl (C=O) groups is 1. The first-order chi connectivity index (χ1) is 13.8. The van der Waals surface area contributed by atoms with E-state index in [0.29, 0.717) is 23.8 Å². The summed E-state index contributed by atoms with van der Waals surface area (Å²) in [6.45, 7) is 4.21. The highest BCUT2D eigenvalue weighted by atomic mass is 16.5. The van der Waals surface area contributed by atoms with Crippen molar-refractivity contribution in [3.63, 3.8) is 0 Å². The molecule has 0 saturated carbocycles. The number of para-hydroxylation sites is 1. The number of nitrogens with one attached hydrogen (secondary N) is 2. The van der Waals surface area contributed by atoms with E-state index >= 15 is 0 Å². The van der Waals surface area contributed by atoms with Gasteiger partial charge in [-0.15, -0.1) is 5.10 Å². The molecule has 1 aromatic carbocycles. The molecule has 1 saturated heterocycles. The smallest absolute Gasteiger partial charge is 0.251 e. The number of benzene rings is 1. The van der Waals surface area contributed by atoms with E-state index in [9.17, 15) is 4.79 Å². The Morgan fingerprint density at radius 1 is 1.21 bits per heavy atom. The van der Waals surface area contributed by atoms with Crippen LogP contribution in [0.15, 0.2) is 42.6 Å². The standard InChI is InChI=1S/C20H22N6O2/c27-19(22-16-6-12-28-17-4-2-1-3-15(16)17)14-5-9-26-18(13-14)23-20(24-26)25-10-7-21-8-11-25/h1-5,9,13,16,21H,6-8,10-12H2,(H,22,27)/t16-/m0/s1. The van der Waals surface area contributed by atoms with Crippen LogP contribution in [-0.4, -0.2) is 53.3 Å².